The molecule has 1 fully saturated rings. The van der Waals surface area contributed by atoms with E-state index >= 15 is 0 Å². The molecule has 1 aromatic heterocycles. The number of anilines is 1. The summed E-state index contributed by atoms with van der Waals surface area (Å²) in [6.07, 6.45) is 1.96. The minimum absolute atomic E-state index is 0.0301. The summed E-state index contributed by atoms with van der Waals surface area (Å²) >= 11 is 7.02. The van der Waals surface area contributed by atoms with E-state index in [0.717, 1.165) is 19.4 Å². The van der Waals surface area contributed by atoms with Gasteiger partial charge in [-0.25, -0.2) is 9.89 Å². The zero-order valence-corrected chi connectivity index (χ0v) is 14.4. The van der Waals surface area contributed by atoms with Gasteiger partial charge in [-0.1, -0.05) is 23.4 Å². The van der Waals surface area contributed by atoms with Crippen LogP contribution in [0.4, 0.5) is 5.69 Å². The van der Waals surface area contributed by atoms with Gasteiger partial charge in [-0.05, 0) is 37.1 Å². The normalized spacial score (nSPS) is 17.1. The Hall–Kier alpha value is -1.77. The van der Waals surface area contributed by atoms with Crippen molar-refractivity contribution in [3.8, 4) is 0 Å². The van der Waals surface area contributed by atoms with Crippen molar-refractivity contribution in [2.75, 3.05) is 17.7 Å². The molecule has 3 rings (SSSR count). The molecule has 0 radical (unpaired) electrons. The van der Waals surface area contributed by atoms with Gasteiger partial charge in [0, 0.05) is 17.3 Å². The van der Waals surface area contributed by atoms with Gasteiger partial charge in [-0.3, -0.25) is 9.36 Å². The van der Waals surface area contributed by atoms with Crippen LogP contribution in [0.25, 0.3) is 0 Å². The lowest BCUT2D eigenvalue weighted by Gasteiger charge is -2.11. The molecule has 1 aromatic carbocycles. The number of carbonyl (C=O) groups is 1. The number of H-pyrrole nitrogens is 1. The number of rotatable bonds is 6. The summed E-state index contributed by atoms with van der Waals surface area (Å²) in [5.41, 5.74) is 0.384. The molecule has 1 aliphatic rings. The predicted octanol–water partition coefficient (Wildman–Crippen LogP) is 2.13. The van der Waals surface area contributed by atoms with Crippen LogP contribution >= 0.6 is 23.4 Å². The number of hydrogen-bond donors (Lipinski definition) is 2. The minimum Gasteiger partial charge on any atom is -0.376 e. The Morgan fingerprint density at radius 2 is 2.25 bits per heavy atom. The molecule has 2 aromatic rings. The highest BCUT2D eigenvalue weighted by molar-refractivity contribution is 7.99. The lowest BCUT2D eigenvalue weighted by molar-refractivity contribution is -0.113. The molecule has 0 bridgehead atoms. The van der Waals surface area contributed by atoms with Crippen LogP contribution in [0.15, 0.2) is 34.2 Å². The number of thioether (sulfide) groups is 1. The van der Waals surface area contributed by atoms with Crippen molar-refractivity contribution in [1.82, 2.24) is 14.8 Å². The highest BCUT2D eigenvalue weighted by Gasteiger charge is 2.20. The Balaban J connectivity index is 1.57. The first kappa shape index (κ1) is 17.1. The highest BCUT2D eigenvalue weighted by atomic mass is 35.5. The zero-order chi connectivity index (χ0) is 16.9. The van der Waals surface area contributed by atoms with Crippen molar-refractivity contribution in [3.63, 3.8) is 0 Å². The molecule has 1 amide bonds. The van der Waals surface area contributed by atoms with Gasteiger partial charge < -0.3 is 10.1 Å². The van der Waals surface area contributed by atoms with Gasteiger partial charge in [0.05, 0.1) is 18.4 Å². The second kappa shape index (κ2) is 7.87. The number of benzene rings is 1. The Labute approximate surface area is 147 Å². The van der Waals surface area contributed by atoms with Crippen LogP contribution in [0.1, 0.15) is 12.8 Å². The third kappa shape index (κ3) is 4.40. The molecule has 2 heterocycles. The molecule has 1 aliphatic heterocycles. The number of amides is 1. The quantitative estimate of drug-likeness (QED) is 0.762. The Morgan fingerprint density at radius 1 is 1.46 bits per heavy atom. The topological polar surface area (TPSA) is 89.0 Å². The third-order valence-electron chi connectivity index (χ3n) is 3.59. The molecule has 1 atom stereocenters. The molecule has 0 spiro atoms. The summed E-state index contributed by atoms with van der Waals surface area (Å²) in [5.74, 6) is -0.0280. The molecule has 24 heavy (non-hydrogen) atoms. The van der Waals surface area contributed by atoms with Crippen LogP contribution in [0.2, 0.25) is 5.02 Å². The average Bonchev–Trinajstić information content (AvgIpc) is 3.19. The van der Waals surface area contributed by atoms with Crippen LogP contribution in [-0.2, 0) is 16.1 Å². The second-order valence-electron chi connectivity index (χ2n) is 5.40. The molecule has 1 saturated heterocycles. The van der Waals surface area contributed by atoms with Crippen molar-refractivity contribution < 1.29 is 9.53 Å². The summed E-state index contributed by atoms with van der Waals surface area (Å²) in [6.45, 7) is 1.18. The van der Waals surface area contributed by atoms with E-state index in [-0.39, 0.29) is 23.5 Å². The SMILES string of the molecule is O=C(CSc1n[nH]c(=O)n1C[C@H]1CCCO1)Nc1ccc(Cl)cc1. The van der Waals surface area contributed by atoms with E-state index < -0.39 is 0 Å². The molecule has 0 saturated carbocycles. The molecule has 2 N–H and O–H groups in total. The van der Waals surface area contributed by atoms with Crippen LogP contribution in [0.3, 0.4) is 0 Å². The Morgan fingerprint density at radius 3 is 2.96 bits per heavy atom. The van der Waals surface area contributed by atoms with Crippen molar-refractivity contribution in [2.45, 2.75) is 30.6 Å². The number of aromatic nitrogens is 3. The fourth-order valence-electron chi connectivity index (χ4n) is 2.43. The van der Waals surface area contributed by atoms with Crippen molar-refractivity contribution >= 4 is 35.0 Å². The Bertz CT molecular complexity index is 753. The van der Waals surface area contributed by atoms with E-state index in [1.165, 1.54) is 16.3 Å². The largest absolute Gasteiger partial charge is 0.376 e. The molecular weight excluding hydrogens is 352 g/mol. The number of nitrogens with zero attached hydrogens (tertiary/aromatic N) is 2. The smallest absolute Gasteiger partial charge is 0.344 e. The highest BCUT2D eigenvalue weighted by Crippen LogP contribution is 2.19. The van der Waals surface area contributed by atoms with E-state index in [1.807, 2.05) is 0 Å². The van der Waals surface area contributed by atoms with Gasteiger partial charge in [0.1, 0.15) is 0 Å². The van der Waals surface area contributed by atoms with Gasteiger partial charge >= 0.3 is 5.69 Å². The molecule has 128 valence electrons. The second-order valence-corrected chi connectivity index (χ2v) is 6.78. The summed E-state index contributed by atoms with van der Waals surface area (Å²) in [4.78, 5) is 23.9. The number of ether oxygens (including phenoxy) is 1. The maximum Gasteiger partial charge on any atom is 0.344 e. The standard InChI is InChI=1S/C15H17ClN4O3S/c16-10-3-5-11(6-4-10)17-13(21)9-24-15-19-18-14(22)20(15)8-12-2-1-7-23-12/h3-6,12H,1-2,7-9H2,(H,17,21)(H,18,22)/t12-/m1/s1. The summed E-state index contributed by atoms with van der Waals surface area (Å²) in [6, 6.07) is 6.87. The fraction of sp³-hybridized carbons (Fsp3) is 0.400. The Kier molecular flexibility index (Phi) is 5.60. The summed E-state index contributed by atoms with van der Waals surface area (Å²) < 4.78 is 7.07. The van der Waals surface area contributed by atoms with Crippen molar-refractivity contribution in [3.05, 3.63) is 39.8 Å². The first-order valence-corrected chi connectivity index (χ1v) is 8.93. The number of nitrogens with one attached hydrogen (secondary N) is 2. The van der Waals surface area contributed by atoms with Crippen LogP contribution in [0.5, 0.6) is 0 Å². The van der Waals surface area contributed by atoms with E-state index in [2.05, 4.69) is 15.5 Å². The van der Waals surface area contributed by atoms with E-state index in [1.54, 1.807) is 24.3 Å². The number of carbonyl (C=O) groups excluding carboxylic acids is 1. The minimum atomic E-state index is -0.286. The molecule has 0 unspecified atom stereocenters. The monoisotopic (exact) mass is 368 g/mol. The first-order valence-electron chi connectivity index (χ1n) is 7.57. The van der Waals surface area contributed by atoms with Crippen molar-refractivity contribution in [1.29, 1.82) is 0 Å². The number of aromatic amines is 1. The fourth-order valence-corrected chi connectivity index (χ4v) is 3.31. The molecule has 0 aliphatic carbocycles. The maximum atomic E-state index is 12.0. The van der Waals surface area contributed by atoms with Crippen LogP contribution < -0.4 is 11.0 Å². The van der Waals surface area contributed by atoms with Gasteiger partial charge in [-0.2, -0.15) is 0 Å². The molecule has 7 nitrogen and oxygen atoms in total. The van der Waals surface area contributed by atoms with Gasteiger partial charge in [-0.15, -0.1) is 5.10 Å². The van der Waals surface area contributed by atoms with Gasteiger partial charge in [0.2, 0.25) is 5.91 Å². The van der Waals surface area contributed by atoms with Gasteiger partial charge in [0.15, 0.2) is 5.16 Å². The van der Waals surface area contributed by atoms with Gasteiger partial charge in [0.25, 0.3) is 0 Å². The number of hydrogen-bond acceptors (Lipinski definition) is 5. The molecular formula is C15H17ClN4O3S. The van der Waals surface area contributed by atoms with E-state index in [4.69, 9.17) is 16.3 Å². The summed E-state index contributed by atoms with van der Waals surface area (Å²) in [5, 5.41) is 10.3. The van der Waals surface area contributed by atoms with Crippen molar-refractivity contribution in [2.24, 2.45) is 0 Å². The first-order chi connectivity index (χ1) is 11.6. The average molecular weight is 369 g/mol. The van der Waals surface area contributed by atoms with Crippen LogP contribution in [0, 0.1) is 0 Å². The van der Waals surface area contributed by atoms with E-state index in [9.17, 15) is 9.59 Å². The predicted molar refractivity (Wildman–Crippen MR) is 92.6 cm³/mol. The number of halogens is 1. The maximum absolute atomic E-state index is 12.0. The summed E-state index contributed by atoms with van der Waals surface area (Å²) in [7, 11) is 0. The lowest BCUT2D eigenvalue weighted by atomic mass is 10.2. The molecule has 9 heteroatoms. The third-order valence-corrected chi connectivity index (χ3v) is 4.82. The lowest BCUT2D eigenvalue weighted by Crippen LogP contribution is -2.25. The van der Waals surface area contributed by atoms with E-state index in [0.29, 0.717) is 22.4 Å². The van der Waals surface area contributed by atoms with Crippen LogP contribution in [-0.4, -0.2) is 39.1 Å². The zero-order valence-electron chi connectivity index (χ0n) is 12.8.